The van der Waals surface area contributed by atoms with Crippen molar-refractivity contribution in [2.24, 2.45) is 0 Å². The smallest absolute Gasteiger partial charge is 0.121 e. The van der Waals surface area contributed by atoms with Crippen molar-refractivity contribution in [3.63, 3.8) is 0 Å². The fourth-order valence-corrected chi connectivity index (χ4v) is 3.23. The number of allylic oxidation sites excluding steroid dienone is 1. The van der Waals surface area contributed by atoms with Crippen LogP contribution in [-0.4, -0.2) is 13.7 Å². The van der Waals surface area contributed by atoms with Gasteiger partial charge < -0.3 is 10.1 Å². The third kappa shape index (κ3) is 4.34. The van der Waals surface area contributed by atoms with Crippen LogP contribution in [0.4, 0.5) is 0 Å². The van der Waals surface area contributed by atoms with Crippen molar-refractivity contribution in [2.45, 2.75) is 58.4 Å². The van der Waals surface area contributed by atoms with Gasteiger partial charge in [-0.25, -0.2) is 0 Å². The van der Waals surface area contributed by atoms with Crippen LogP contribution in [-0.2, 0) is 0 Å². The molecule has 0 amide bonds. The maximum Gasteiger partial charge on any atom is 0.121 e. The average Bonchev–Trinajstić information content (AvgIpc) is 2.45. The molecule has 2 nitrogen and oxygen atoms in total. The van der Waals surface area contributed by atoms with Crippen LogP contribution in [0.15, 0.2) is 29.8 Å². The first kappa shape index (κ1) is 16.1. The number of hydrogen-bond donors (Lipinski definition) is 1. The topological polar surface area (TPSA) is 21.3 Å². The number of ether oxygens (including phenoxy) is 1. The molecular formula is C19H29NO. The monoisotopic (exact) mass is 287 g/mol. The van der Waals surface area contributed by atoms with E-state index in [0.29, 0.717) is 6.04 Å². The van der Waals surface area contributed by atoms with Gasteiger partial charge in [-0.05, 0) is 56.3 Å². The van der Waals surface area contributed by atoms with Gasteiger partial charge in [0, 0.05) is 0 Å². The number of hydrogen-bond acceptors (Lipinski definition) is 2. The largest absolute Gasteiger partial charge is 0.496 e. The molecule has 0 saturated heterocycles. The molecule has 0 spiro atoms. The summed E-state index contributed by atoms with van der Waals surface area (Å²) in [5.41, 5.74) is 4.15. The van der Waals surface area contributed by atoms with Crippen LogP contribution in [0.25, 0.3) is 0 Å². The molecule has 0 aliphatic heterocycles. The van der Waals surface area contributed by atoms with Crippen LogP contribution in [0.5, 0.6) is 5.75 Å². The summed E-state index contributed by atoms with van der Waals surface area (Å²) in [6.45, 7) is 5.30. The maximum absolute atomic E-state index is 5.39. The summed E-state index contributed by atoms with van der Waals surface area (Å²) in [6.07, 6.45) is 10.4. The first-order chi connectivity index (χ1) is 10.3. The molecule has 0 aromatic heterocycles. The molecule has 0 bridgehead atoms. The summed E-state index contributed by atoms with van der Waals surface area (Å²) in [6, 6.07) is 6.93. The molecule has 1 aromatic rings. The van der Waals surface area contributed by atoms with Gasteiger partial charge in [-0.1, -0.05) is 43.5 Å². The Labute approximate surface area is 129 Å². The van der Waals surface area contributed by atoms with E-state index in [0.717, 1.165) is 12.3 Å². The second-order valence-electron chi connectivity index (χ2n) is 5.95. The summed E-state index contributed by atoms with van der Waals surface area (Å²) in [7, 11) is 1.74. The van der Waals surface area contributed by atoms with Crippen LogP contribution in [0, 0.1) is 6.92 Å². The number of likely N-dealkylation sites (N-methyl/N-ethyl adjacent to an activating group) is 1. The lowest BCUT2D eigenvalue weighted by Crippen LogP contribution is -2.23. The molecule has 0 saturated carbocycles. The second-order valence-corrected chi connectivity index (χ2v) is 5.95. The van der Waals surface area contributed by atoms with Gasteiger partial charge in [0.2, 0.25) is 0 Å². The normalized spacial score (nSPS) is 20.0. The van der Waals surface area contributed by atoms with Crippen molar-refractivity contribution in [3.8, 4) is 5.75 Å². The summed E-state index contributed by atoms with van der Waals surface area (Å²) in [5.74, 6) is 0.973. The number of aryl methyl sites for hydroxylation is 1. The average molecular weight is 287 g/mol. The predicted molar refractivity (Wildman–Crippen MR) is 89.9 cm³/mol. The first-order valence-corrected chi connectivity index (χ1v) is 8.33. The molecular weight excluding hydrogens is 258 g/mol. The van der Waals surface area contributed by atoms with Crippen molar-refractivity contribution in [1.82, 2.24) is 5.32 Å². The molecule has 2 rings (SSSR count). The van der Waals surface area contributed by atoms with Gasteiger partial charge in [0.1, 0.15) is 5.75 Å². The van der Waals surface area contributed by atoms with Crippen molar-refractivity contribution >= 4 is 0 Å². The molecule has 21 heavy (non-hydrogen) atoms. The Morgan fingerprint density at radius 3 is 2.71 bits per heavy atom. The highest BCUT2D eigenvalue weighted by atomic mass is 16.5. The molecule has 1 unspecified atom stereocenters. The number of nitrogens with one attached hydrogen (secondary N) is 1. The minimum Gasteiger partial charge on any atom is -0.496 e. The quantitative estimate of drug-likeness (QED) is 0.775. The van der Waals surface area contributed by atoms with E-state index in [1.807, 2.05) is 0 Å². The van der Waals surface area contributed by atoms with Crippen molar-refractivity contribution in [2.75, 3.05) is 13.7 Å². The van der Waals surface area contributed by atoms with E-state index in [1.165, 1.54) is 49.7 Å². The van der Waals surface area contributed by atoms with Gasteiger partial charge in [0.15, 0.2) is 0 Å². The SMILES string of the molecule is CCNC(/C1=C/CCCCCC1)c1ccc(OC)c(C)c1. The highest BCUT2D eigenvalue weighted by molar-refractivity contribution is 5.40. The molecule has 2 heteroatoms. The van der Waals surface area contributed by atoms with Crippen LogP contribution in [0.2, 0.25) is 0 Å². The van der Waals surface area contributed by atoms with E-state index < -0.39 is 0 Å². The lowest BCUT2D eigenvalue weighted by Gasteiger charge is -2.24. The Hall–Kier alpha value is -1.28. The van der Waals surface area contributed by atoms with Gasteiger partial charge in [-0.15, -0.1) is 0 Å². The molecule has 1 aromatic carbocycles. The Balaban J connectivity index is 2.26. The van der Waals surface area contributed by atoms with Crippen LogP contribution >= 0.6 is 0 Å². The zero-order valence-electron chi connectivity index (χ0n) is 13.7. The predicted octanol–water partition coefficient (Wildman–Crippen LogP) is 4.93. The van der Waals surface area contributed by atoms with E-state index in [4.69, 9.17) is 4.74 Å². The van der Waals surface area contributed by atoms with Gasteiger partial charge in [-0.3, -0.25) is 0 Å². The number of methoxy groups -OCH3 is 1. The lowest BCUT2D eigenvalue weighted by atomic mass is 9.90. The fourth-order valence-electron chi connectivity index (χ4n) is 3.23. The molecule has 1 atom stereocenters. The van der Waals surface area contributed by atoms with Crippen molar-refractivity contribution in [3.05, 3.63) is 41.0 Å². The fraction of sp³-hybridized carbons (Fsp3) is 0.579. The summed E-state index contributed by atoms with van der Waals surface area (Å²) >= 11 is 0. The minimum atomic E-state index is 0.359. The summed E-state index contributed by atoms with van der Waals surface area (Å²) < 4.78 is 5.39. The van der Waals surface area contributed by atoms with E-state index >= 15 is 0 Å². The maximum atomic E-state index is 5.39. The Kier molecular flexibility index (Phi) is 6.31. The molecule has 1 aliphatic rings. The van der Waals surface area contributed by atoms with Crippen LogP contribution in [0.3, 0.4) is 0 Å². The highest BCUT2D eigenvalue weighted by Crippen LogP contribution is 2.31. The third-order valence-electron chi connectivity index (χ3n) is 4.36. The van der Waals surface area contributed by atoms with Gasteiger partial charge in [0.25, 0.3) is 0 Å². The van der Waals surface area contributed by atoms with E-state index in [2.05, 4.69) is 43.4 Å². The van der Waals surface area contributed by atoms with E-state index in [1.54, 1.807) is 12.7 Å². The number of benzene rings is 1. The second kappa shape index (κ2) is 8.23. The Morgan fingerprint density at radius 2 is 2.00 bits per heavy atom. The molecule has 1 N–H and O–H groups in total. The molecule has 1 aliphatic carbocycles. The zero-order chi connectivity index (χ0) is 15.1. The van der Waals surface area contributed by atoms with Gasteiger partial charge >= 0.3 is 0 Å². The number of rotatable bonds is 5. The molecule has 116 valence electrons. The van der Waals surface area contributed by atoms with Gasteiger partial charge in [0.05, 0.1) is 13.2 Å². The molecule has 0 heterocycles. The van der Waals surface area contributed by atoms with Gasteiger partial charge in [-0.2, -0.15) is 0 Å². The van der Waals surface area contributed by atoms with Crippen molar-refractivity contribution < 1.29 is 4.74 Å². The van der Waals surface area contributed by atoms with Crippen molar-refractivity contribution in [1.29, 1.82) is 0 Å². The Morgan fingerprint density at radius 1 is 1.19 bits per heavy atom. The van der Waals surface area contributed by atoms with Crippen LogP contribution < -0.4 is 10.1 Å². The zero-order valence-corrected chi connectivity index (χ0v) is 13.7. The standard InChI is InChI=1S/C19H29NO/c1-4-20-19(16-10-8-6-5-7-9-11-16)17-12-13-18(21-3)15(2)14-17/h10,12-14,19-20H,4-9,11H2,1-3H3/b16-10+. The summed E-state index contributed by atoms with van der Waals surface area (Å²) in [4.78, 5) is 0. The Bertz CT molecular complexity index is 478. The van der Waals surface area contributed by atoms with Crippen LogP contribution in [0.1, 0.15) is 62.6 Å². The third-order valence-corrected chi connectivity index (χ3v) is 4.36. The lowest BCUT2D eigenvalue weighted by molar-refractivity contribution is 0.411. The molecule has 0 radical (unpaired) electrons. The first-order valence-electron chi connectivity index (χ1n) is 8.33. The van der Waals surface area contributed by atoms with E-state index in [9.17, 15) is 0 Å². The molecule has 0 fully saturated rings. The summed E-state index contributed by atoms with van der Waals surface area (Å²) in [5, 5.41) is 3.67. The van der Waals surface area contributed by atoms with E-state index in [-0.39, 0.29) is 0 Å². The highest BCUT2D eigenvalue weighted by Gasteiger charge is 2.17. The minimum absolute atomic E-state index is 0.359.